The quantitative estimate of drug-likeness (QED) is 0.100. The lowest BCUT2D eigenvalue weighted by atomic mass is 9.76. The minimum atomic E-state index is -0.925. The van der Waals surface area contributed by atoms with E-state index in [0.29, 0.717) is 58.6 Å². The van der Waals surface area contributed by atoms with Crippen LogP contribution in [0.3, 0.4) is 0 Å². The summed E-state index contributed by atoms with van der Waals surface area (Å²) in [5, 5.41) is 0.629. The molecule has 0 spiro atoms. The molecule has 2 fully saturated rings. The Kier molecular flexibility index (Phi) is 9.18. The highest BCUT2D eigenvalue weighted by atomic mass is 79.9. The van der Waals surface area contributed by atoms with Gasteiger partial charge in [0.05, 0.1) is 34.3 Å². The zero-order chi connectivity index (χ0) is 32.5. The summed E-state index contributed by atoms with van der Waals surface area (Å²) in [5.74, 6) is -1.12. The Bertz CT molecular complexity index is 1820. The van der Waals surface area contributed by atoms with Crippen LogP contribution in [0, 0.1) is 17.8 Å². The van der Waals surface area contributed by atoms with Crippen molar-refractivity contribution >= 4 is 56.1 Å². The molecule has 2 aliphatic rings. The van der Waals surface area contributed by atoms with Gasteiger partial charge in [-0.1, -0.05) is 85.6 Å². The van der Waals surface area contributed by atoms with Crippen molar-refractivity contribution in [1.82, 2.24) is 4.98 Å². The molecule has 1 aromatic heterocycles. The fourth-order valence-electron chi connectivity index (χ4n) is 6.86. The third kappa shape index (κ3) is 6.03. The lowest BCUT2D eigenvalue weighted by Crippen LogP contribution is -2.30. The van der Waals surface area contributed by atoms with E-state index in [1.807, 2.05) is 44.2 Å². The van der Waals surface area contributed by atoms with Gasteiger partial charge in [-0.15, -0.1) is 0 Å². The monoisotopic (exact) mass is 680 g/mol. The maximum absolute atomic E-state index is 13.9. The number of ether oxygens (including phenoxy) is 1. The first-order valence-corrected chi connectivity index (χ1v) is 16.9. The highest BCUT2D eigenvalue weighted by Gasteiger charge is 2.50. The molecular formula is C38H37BrN2O5. The summed E-state index contributed by atoms with van der Waals surface area (Å²) in [6.45, 7) is 6.12. The molecule has 1 aliphatic heterocycles. The molecule has 7 nitrogen and oxygen atoms in total. The maximum Gasteiger partial charge on any atom is 0.339 e. The van der Waals surface area contributed by atoms with Crippen LogP contribution < -0.4 is 4.90 Å². The predicted octanol–water partition coefficient (Wildman–Crippen LogP) is 8.36. The molecule has 46 heavy (non-hydrogen) atoms. The van der Waals surface area contributed by atoms with Gasteiger partial charge in [-0.3, -0.25) is 19.3 Å². The number of ketones is 1. The number of benzene rings is 3. The Morgan fingerprint density at radius 3 is 2.37 bits per heavy atom. The molecule has 0 radical (unpaired) electrons. The number of hydrogen-bond donors (Lipinski definition) is 0. The number of Topliss-reactive ketones (excluding diaryl/α,β-unsaturated/α-hetero) is 1. The van der Waals surface area contributed by atoms with Crippen molar-refractivity contribution in [2.45, 2.75) is 65.4 Å². The van der Waals surface area contributed by atoms with E-state index in [4.69, 9.17) is 9.72 Å². The van der Waals surface area contributed by atoms with Crippen LogP contribution in [-0.4, -0.2) is 34.7 Å². The molecule has 4 unspecified atom stereocenters. The first kappa shape index (κ1) is 31.8. The third-order valence-electron chi connectivity index (χ3n) is 9.32. The van der Waals surface area contributed by atoms with Gasteiger partial charge in [0.2, 0.25) is 17.6 Å². The van der Waals surface area contributed by atoms with E-state index < -0.39 is 12.1 Å². The first-order valence-electron chi connectivity index (χ1n) is 16.1. The topological polar surface area (TPSA) is 93.6 Å². The highest BCUT2D eigenvalue weighted by molar-refractivity contribution is 9.10. The minimum absolute atomic E-state index is 0.117. The van der Waals surface area contributed by atoms with Crippen molar-refractivity contribution < 1.29 is 23.9 Å². The number of aryl methyl sites for hydroxylation is 1. The zero-order valence-corrected chi connectivity index (χ0v) is 27.9. The Morgan fingerprint density at radius 2 is 1.67 bits per heavy atom. The number of imide groups is 1. The van der Waals surface area contributed by atoms with E-state index in [9.17, 15) is 19.2 Å². The summed E-state index contributed by atoms with van der Waals surface area (Å²) in [6, 6.07) is 21.6. The van der Waals surface area contributed by atoms with Gasteiger partial charge in [-0.2, -0.15) is 0 Å². The zero-order valence-electron chi connectivity index (χ0n) is 26.3. The van der Waals surface area contributed by atoms with Crippen molar-refractivity contribution in [1.29, 1.82) is 0 Å². The Labute approximate surface area is 277 Å². The number of nitrogens with zero attached hydrogens (tertiary/aromatic N) is 2. The predicted molar refractivity (Wildman–Crippen MR) is 182 cm³/mol. The number of hydrogen-bond acceptors (Lipinski definition) is 6. The van der Waals surface area contributed by atoms with E-state index in [2.05, 4.69) is 22.9 Å². The number of carbonyl (C=O) groups is 4. The lowest BCUT2D eigenvalue weighted by molar-refractivity contribution is -0.122. The van der Waals surface area contributed by atoms with Crippen LogP contribution in [0.15, 0.2) is 77.3 Å². The number of halogens is 1. The number of amides is 2. The molecule has 0 bridgehead atoms. The molecule has 6 rings (SSSR count). The van der Waals surface area contributed by atoms with Gasteiger partial charge in [-0.25, -0.2) is 9.78 Å². The summed E-state index contributed by atoms with van der Waals surface area (Å²) in [4.78, 5) is 60.2. The van der Waals surface area contributed by atoms with Gasteiger partial charge in [0.15, 0.2) is 6.10 Å². The van der Waals surface area contributed by atoms with Gasteiger partial charge in [0, 0.05) is 21.0 Å². The number of pyridine rings is 1. The average molecular weight is 682 g/mol. The van der Waals surface area contributed by atoms with E-state index in [1.165, 1.54) is 4.90 Å². The molecule has 3 aromatic carbocycles. The largest absolute Gasteiger partial charge is 0.450 e. The van der Waals surface area contributed by atoms with Gasteiger partial charge in [0.1, 0.15) is 0 Å². The van der Waals surface area contributed by atoms with Crippen molar-refractivity contribution in [3.05, 3.63) is 94.0 Å². The van der Waals surface area contributed by atoms with Crippen molar-refractivity contribution in [3.8, 4) is 11.3 Å². The van der Waals surface area contributed by atoms with Crippen LogP contribution >= 0.6 is 15.9 Å². The van der Waals surface area contributed by atoms with E-state index in [0.717, 1.165) is 34.9 Å². The van der Waals surface area contributed by atoms with Gasteiger partial charge < -0.3 is 4.74 Å². The average Bonchev–Trinajstić information content (AvgIpc) is 3.31. The van der Waals surface area contributed by atoms with Crippen LogP contribution in [-0.2, 0) is 20.7 Å². The number of rotatable bonds is 9. The minimum Gasteiger partial charge on any atom is -0.450 e. The van der Waals surface area contributed by atoms with Crippen LogP contribution in [0.2, 0.25) is 0 Å². The van der Waals surface area contributed by atoms with Crippen molar-refractivity contribution in [2.24, 2.45) is 17.8 Å². The maximum atomic E-state index is 13.9. The van der Waals surface area contributed by atoms with Crippen molar-refractivity contribution in [3.63, 3.8) is 0 Å². The Morgan fingerprint density at radius 1 is 0.957 bits per heavy atom. The molecule has 4 atom stereocenters. The Hall–Kier alpha value is -4.17. The van der Waals surface area contributed by atoms with Crippen molar-refractivity contribution in [2.75, 3.05) is 4.90 Å². The fourth-order valence-corrected chi connectivity index (χ4v) is 7.36. The Balaban J connectivity index is 1.36. The van der Waals surface area contributed by atoms with Crippen LogP contribution in [0.1, 0.15) is 79.2 Å². The molecular weight excluding hydrogens is 644 g/mol. The smallest absolute Gasteiger partial charge is 0.339 e. The number of fused-ring (bicyclic) bond motifs is 2. The molecule has 236 valence electrons. The third-order valence-corrected chi connectivity index (χ3v) is 9.78. The molecule has 1 saturated heterocycles. The SMILES string of the molecule is CCCC(OC(=O)c1cc(-c2ccc(N3C(=O)C4CCC(C)CC4C3=O)cc2)nc2c(CC)cc(Br)cc12)C(=O)c1ccccc1. The number of esters is 1. The number of aromatic nitrogens is 1. The summed E-state index contributed by atoms with van der Waals surface area (Å²) in [5.41, 5.74) is 4.24. The first-order chi connectivity index (χ1) is 22.2. The van der Waals surface area contributed by atoms with Gasteiger partial charge in [-0.05, 0) is 73.9 Å². The summed E-state index contributed by atoms with van der Waals surface area (Å²) in [6.07, 6.45) is 3.28. The lowest BCUT2D eigenvalue weighted by Gasteiger charge is -2.25. The van der Waals surface area contributed by atoms with Crippen LogP contribution in [0.4, 0.5) is 5.69 Å². The van der Waals surface area contributed by atoms with Gasteiger partial charge >= 0.3 is 5.97 Å². The summed E-state index contributed by atoms with van der Waals surface area (Å²) < 4.78 is 6.77. The standard InChI is InChI=1S/C38H37BrN2O5/c1-4-9-33(35(42)25-10-7-6-8-11-25)46-38(45)31-21-32(40-34-23(5-2)19-26(39)20-29(31)34)24-13-15-27(16-14-24)41-36(43)28-17-12-22(3)18-30(28)37(41)44/h6-8,10-11,13-16,19-22,28,30,33H,4-5,9,12,17-18H2,1-3H3. The normalized spacial score (nSPS) is 20.1. The number of anilines is 1. The highest BCUT2D eigenvalue weighted by Crippen LogP contribution is 2.42. The second kappa shape index (κ2) is 13.3. The molecule has 8 heteroatoms. The molecule has 2 amide bonds. The van der Waals surface area contributed by atoms with Gasteiger partial charge in [0.25, 0.3) is 0 Å². The molecule has 1 saturated carbocycles. The molecule has 4 aromatic rings. The van der Waals surface area contributed by atoms with E-state index in [-0.39, 0.29) is 29.4 Å². The van der Waals surface area contributed by atoms with Crippen LogP contribution in [0.5, 0.6) is 0 Å². The number of carbonyl (C=O) groups excluding carboxylic acids is 4. The second-order valence-electron chi connectivity index (χ2n) is 12.5. The molecule has 1 aliphatic carbocycles. The molecule has 2 heterocycles. The van der Waals surface area contributed by atoms with E-state index in [1.54, 1.807) is 42.5 Å². The summed E-state index contributed by atoms with van der Waals surface area (Å²) in [7, 11) is 0. The molecule has 0 N–H and O–H groups in total. The fraction of sp³-hybridized carbons (Fsp3) is 0.342. The second-order valence-corrected chi connectivity index (χ2v) is 13.4. The van der Waals surface area contributed by atoms with Crippen LogP contribution in [0.25, 0.3) is 22.2 Å². The van der Waals surface area contributed by atoms with E-state index >= 15 is 0 Å². The summed E-state index contributed by atoms with van der Waals surface area (Å²) >= 11 is 3.58.